The molecule has 0 fully saturated rings. The second-order valence-electron chi connectivity index (χ2n) is 8.06. The van der Waals surface area contributed by atoms with Gasteiger partial charge in [0.1, 0.15) is 11.0 Å². The van der Waals surface area contributed by atoms with Crippen molar-refractivity contribution in [3.8, 4) is 23.3 Å². The number of carbonyl (C=O) groups is 2. The largest absolute Gasteiger partial charge is 0.493 e. The fraction of sp³-hybridized carbons (Fsp3) is 0.280. The molecular formula is C25H24ClN5O5. The number of ether oxygens (including phenoxy) is 3. The molecule has 10 nitrogen and oxygen atoms in total. The zero-order valence-electron chi connectivity index (χ0n) is 19.9. The van der Waals surface area contributed by atoms with E-state index in [0.717, 1.165) is 0 Å². The van der Waals surface area contributed by atoms with Crippen LogP contribution in [0.5, 0.6) is 17.2 Å². The van der Waals surface area contributed by atoms with Gasteiger partial charge in [-0.3, -0.25) is 15.0 Å². The number of Topliss-reactive ketones (excluding diaryl/α,β-unsaturated/α-hetero) is 1. The van der Waals surface area contributed by atoms with E-state index in [2.05, 4.69) is 16.5 Å². The summed E-state index contributed by atoms with van der Waals surface area (Å²) in [5.41, 5.74) is 10.8. The summed E-state index contributed by atoms with van der Waals surface area (Å²) >= 11 is 6.09. The smallest absolute Gasteiger partial charge is 0.273 e. The first-order valence-corrected chi connectivity index (χ1v) is 11.4. The highest BCUT2D eigenvalue weighted by atomic mass is 35.5. The molecule has 1 aliphatic carbocycles. The van der Waals surface area contributed by atoms with E-state index in [-0.39, 0.29) is 27.9 Å². The van der Waals surface area contributed by atoms with E-state index >= 15 is 0 Å². The second-order valence-corrected chi connectivity index (χ2v) is 8.42. The van der Waals surface area contributed by atoms with Gasteiger partial charge in [-0.25, -0.2) is 9.99 Å². The molecule has 1 aromatic carbocycles. The molecule has 4 rings (SSSR count). The molecule has 186 valence electrons. The van der Waals surface area contributed by atoms with Crippen molar-refractivity contribution < 1.29 is 23.8 Å². The summed E-state index contributed by atoms with van der Waals surface area (Å²) in [5, 5.41) is 11.5. The minimum Gasteiger partial charge on any atom is -0.493 e. The van der Waals surface area contributed by atoms with Gasteiger partial charge in [0.15, 0.2) is 17.3 Å². The van der Waals surface area contributed by atoms with Gasteiger partial charge >= 0.3 is 0 Å². The van der Waals surface area contributed by atoms with Crippen LogP contribution in [0, 0.1) is 11.3 Å². The van der Waals surface area contributed by atoms with Gasteiger partial charge < -0.3 is 19.9 Å². The number of pyridine rings is 1. The summed E-state index contributed by atoms with van der Waals surface area (Å²) in [6.45, 7) is 0. The number of hydrogen-bond acceptors (Lipinski definition) is 9. The van der Waals surface area contributed by atoms with Gasteiger partial charge in [-0.05, 0) is 42.7 Å². The maximum Gasteiger partial charge on any atom is 0.273 e. The molecule has 11 heteroatoms. The zero-order valence-corrected chi connectivity index (χ0v) is 20.7. The number of nitrogens with zero attached hydrogens (tertiary/aromatic N) is 3. The Balaban J connectivity index is 1.88. The van der Waals surface area contributed by atoms with Crippen LogP contribution in [0.3, 0.4) is 0 Å². The van der Waals surface area contributed by atoms with Gasteiger partial charge in [0.2, 0.25) is 5.75 Å². The lowest BCUT2D eigenvalue weighted by atomic mass is 9.76. The van der Waals surface area contributed by atoms with E-state index in [9.17, 15) is 14.9 Å². The Bertz CT molecular complexity index is 1320. The van der Waals surface area contributed by atoms with Crippen LogP contribution in [0.25, 0.3) is 0 Å². The van der Waals surface area contributed by atoms with E-state index in [0.29, 0.717) is 53.3 Å². The highest BCUT2D eigenvalue weighted by molar-refractivity contribution is 6.32. The SMILES string of the molecule is COc1cc(C2C(C#N)=C(N)N(NC(=O)c3cccnc3Cl)C3=C2C(=O)CCC3)cc(OC)c1OC. The summed E-state index contributed by atoms with van der Waals surface area (Å²) in [7, 11) is 4.45. The van der Waals surface area contributed by atoms with Crippen LogP contribution in [0.15, 0.2) is 53.1 Å². The Hall–Kier alpha value is -4.23. The Kier molecular flexibility index (Phi) is 7.03. The third-order valence-corrected chi connectivity index (χ3v) is 6.45. The molecule has 3 N–H and O–H groups in total. The third kappa shape index (κ3) is 4.18. The van der Waals surface area contributed by atoms with Crippen LogP contribution in [-0.4, -0.2) is 43.0 Å². The number of methoxy groups -OCH3 is 3. The first-order valence-electron chi connectivity index (χ1n) is 11.0. The fourth-order valence-corrected chi connectivity index (χ4v) is 4.74. The number of ketones is 1. The van der Waals surface area contributed by atoms with E-state index in [1.165, 1.54) is 38.6 Å². The number of hydrazine groups is 1. The number of nitrogens with two attached hydrogens (primary N) is 1. The van der Waals surface area contributed by atoms with Crippen molar-refractivity contribution in [3.05, 3.63) is 69.4 Å². The third-order valence-electron chi connectivity index (χ3n) is 6.15. The highest BCUT2D eigenvalue weighted by Crippen LogP contribution is 2.48. The van der Waals surface area contributed by atoms with Crippen LogP contribution in [0.1, 0.15) is 41.1 Å². The Morgan fingerprint density at radius 1 is 1.22 bits per heavy atom. The van der Waals surface area contributed by atoms with E-state index in [4.69, 9.17) is 31.5 Å². The zero-order chi connectivity index (χ0) is 26.0. The van der Waals surface area contributed by atoms with Crippen molar-refractivity contribution in [2.24, 2.45) is 5.73 Å². The summed E-state index contributed by atoms with van der Waals surface area (Å²) in [4.78, 5) is 30.2. The minimum absolute atomic E-state index is 0.00179. The number of nitriles is 1. The fourth-order valence-electron chi connectivity index (χ4n) is 4.53. The molecule has 2 aliphatic rings. The molecule has 36 heavy (non-hydrogen) atoms. The molecule has 0 saturated heterocycles. The molecule has 0 saturated carbocycles. The monoisotopic (exact) mass is 509 g/mol. The van der Waals surface area contributed by atoms with Crippen molar-refractivity contribution in [1.29, 1.82) is 5.26 Å². The Morgan fingerprint density at radius 2 is 1.92 bits per heavy atom. The number of halogens is 1. The van der Waals surface area contributed by atoms with Gasteiger partial charge in [0.25, 0.3) is 5.91 Å². The number of aromatic nitrogens is 1. The molecule has 2 heterocycles. The van der Waals surface area contributed by atoms with E-state index in [1.807, 2.05) is 0 Å². The lowest BCUT2D eigenvalue weighted by molar-refractivity contribution is -0.116. The standard InChI is InChI=1S/C25H24ClN5O5/c1-34-18-10-13(11-19(35-2)22(18)36-3)20-15(12-27)24(28)31(16-7-4-8-17(32)21(16)20)30-25(33)14-6-5-9-29-23(14)26/h5-6,9-11,20H,4,7-8,28H2,1-3H3,(H,30,33). The average Bonchev–Trinajstić information content (AvgIpc) is 2.89. The molecular weight excluding hydrogens is 486 g/mol. The topological polar surface area (TPSA) is 140 Å². The second kappa shape index (κ2) is 10.2. The maximum atomic E-state index is 13.3. The molecule has 1 aliphatic heterocycles. The van der Waals surface area contributed by atoms with Crippen molar-refractivity contribution >= 4 is 23.3 Å². The van der Waals surface area contributed by atoms with E-state index in [1.54, 1.807) is 18.2 Å². The number of carbonyl (C=O) groups excluding carboxylic acids is 2. The number of amides is 1. The van der Waals surface area contributed by atoms with Crippen LogP contribution in [0.2, 0.25) is 5.15 Å². The van der Waals surface area contributed by atoms with Gasteiger partial charge in [-0.2, -0.15) is 5.26 Å². The first kappa shape index (κ1) is 24.9. The number of nitrogens with one attached hydrogen (secondary N) is 1. The van der Waals surface area contributed by atoms with Crippen molar-refractivity contribution in [2.45, 2.75) is 25.2 Å². The lowest BCUT2D eigenvalue weighted by Gasteiger charge is -2.39. The van der Waals surface area contributed by atoms with Crippen LogP contribution in [0.4, 0.5) is 0 Å². The summed E-state index contributed by atoms with van der Waals surface area (Å²) in [6.07, 6.45) is 2.79. The molecule has 1 aromatic heterocycles. The quantitative estimate of drug-likeness (QED) is 0.561. The Morgan fingerprint density at radius 3 is 2.50 bits per heavy atom. The van der Waals surface area contributed by atoms with Crippen LogP contribution < -0.4 is 25.4 Å². The summed E-state index contributed by atoms with van der Waals surface area (Å²) in [6, 6.07) is 8.60. The van der Waals surface area contributed by atoms with Gasteiger partial charge in [-0.15, -0.1) is 0 Å². The van der Waals surface area contributed by atoms with Gasteiger partial charge in [0.05, 0.1) is 44.5 Å². The van der Waals surface area contributed by atoms with Gasteiger partial charge in [-0.1, -0.05) is 11.6 Å². The number of rotatable bonds is 6. The van der Waals surface area contributed by atoms with Crippen LogP contribution >= 0.6 is 11.6 Å². The average molecular weight is 510 g/mol. The predicted octanol–water partition coefficient (Wildman–Crippen LogP) is 3.21. The number of benzene rings is 1. The van der Waals surface area contributed by atoms with Crippen molar-refractivity contribution in [3.63, 3.8) is 0 Å². The van der Waals surface area contributed by atoms with Crippen molar-refractivity contribution in [2.75, 3.05) is 21.3 Å². The molecule has 0 spiro atoms. The predicted molar refractivity (Wildman–Crippen MR) is 130 cm³/mol. The maximum absolute atomic E-state index is 13.3. The molecule has 1 unspecified atom stereocenters. The number of hydrogen-bond donors (Lipinski definition) is 2. The molecule has 2 aromatic rings. The normalized spacial score (nSPS) is 17.4. The molecule has 0 bridgehead atoms. The van der Waals surface area contributed by atoms with Gasteiger partial charge in [0, 0.05) is 23.9 Å². The summed E-state index contributed by atoms with van der Waals surface area (Å²) in [5.74, 6) is -0.398. The molecule has 0 radical (unpaired) electrons. The number of allylic oxidation sites excluding steroid dienone is 3. The summed E-state index contributed by atoms with van der Waals surface area (Å²) < 4.78 is 16.4. The molecule has 1 atom stereocenters. The highest BCUT2D eigenvalue weighted by Gasteiger charge is 2.41. The first-order chi connectivity index (χ1) is 17.4. The van der Waals surface area contributed by atoms with Crippen molar-refractivity contribution in [1.82, 2.24) is 15.4 Å². The lowest BCUT2D eigenvalue weighted by Crippen LogP contribution is -2.48. The van der Waals surface area contributed by atoms with Crippen LogP contribution in [-0.2, 0) is 4.79 Å². The Labute approximate surface area is 212 Å². The van der Waals surface area contributed by atoms with E-state index < -0.39 is 11.8 Å². The minimum atomic E-state index is -0.790. The molecule has 1 amide bonds.